The van der Waals surface area contributed by atoms with Gasteiger partial charge in [0.2, 0.25) is 0 Å². The normalized spacial score (nSPS) is 16.2. The highest BCUT2D eigenvalue weighted by atomic mass is 16.6. The number of carbonyl (C=O) groups excluding carboxylic acids is 3. The molecule has 0 fully saturated rings. The van der Waals surface area contributed by atoms with Crippen LogP contribution in [0.3, 0.4) is 0 Å². The number of hydrogen-bond donors (Lipinski definition) is 2. The lowest BCUT2D eigenvalue weighted by atomic mass is 9.84. The number of urea groups is 1. The van der Waals surface area contributed by atoms with Gasteiger partial charge >= 0.3 is 12.0 Å². The van der Waals surface area contributed by atoms with Gasteiger partial charge in [-0.15, -0.1) is 0 Å². The Morgan fingerprint density at radius 1 is 1.09 bits per heavy atom. The monoisotopic (exact) mass is 475 g/mol. The van der Waals surface area contributed by atoms with Crippen molar-refractivity contribution in [1.82, 2.24) is 10.3 Å². The fraction of sp³-hybridized carbons (Fsp3) is 0.308. The van der Waals surface area contributed by atoms with Crippen molar-refractivity contribution in [3.63, 3.8) is 0 Å². The van der Waals surface area contributed by atoms with Gasteiger partial charge in [0.25, 0.3) is 5.91 Å². The maximum Gasteiger partial charge on any atom is 0.339 e. The van der Waals surface area contributed by atoms with Crippen LogP contribution in [0.5, 0.6) is 11.5 Å². The smallest absolute Gasteiger partial charge is 0.339 e. The van der Waals surface area contributed by atoms with Gasteiger partial charge in [0, 0.05) is 22.8 Å². The summed E-state index contributed by atoms with van der Waals surface area (Å²) >= 11 is 0. The Morgan fingerprint density at radius 2 is 1.89 bits per heavy atom. The standard InChI is InChI=1S/C26H25N3O6/c1-15-6-8-20-18(12-15)24(17-4-2-3-5-19(17)28-20)25(31)35-14-23(30)29-26(32)27-16-7-9-21-22(13-16)34-11-10-33-21/h2-5,7,9,13,15H,6,8,10-12,14H2,1H3,(H2,27,29,30,32). The van der Waals surface area contributed by atoms with Gasteiger partial charge in [-0.3, -0.25) is 15.1 Å². The molecule has 3 amide bonds. The molecule has 9 heteroatoms. The topological polar surface area (TPSA) is 116 Å². The molecule has 1 aromatic heterocycles. The van der Waals surface area contributed by atoms with Crippen LogP contribution in [0.2, 0.25) is 0 Å². The third-order valence-corrected chi connectivity index (χ3v) is 6.10. The fourth-order valence-electron chi connectivity index (χ4n) is 4.45. The summed E-state index contributed by atoms with van der Waals surface area (Å²) < 4.78 is 16.3. The molecule has 9 nitrogen and oxygen atoms in total. The lowest BCUT2D eigenvalue weighted by Gasteiger charge is -2.24. The van der Waals surface area contributed by atoms with Crippen LogP contribution in [0.1, 0.15) is 35.0 Å². The summed E-state index contributed by atoms with van der Waals surface area (Å²) in [4.78, 5) is 42.4. The van der Waals surface area contributed by atoms with E-state index in [-0.39, 0.29) is 0 Å². The molecule has 1 unspecified atom stereocenters. The summed E-state index contributed by atoms with van der Waals surface area (Å²) in [6.07, 6.45) is 2.53. The van der Waals surface area contributed by atoms with Crippen molar-refractivity contribution in [1.29, 1.82) is 0 Å². The lowest BCUT2D eigenvalue weighted by molar-refractivity contribution is -0.123. The molecule has 0 saturated heterocycles. The number of fused-ring (bicyclic) bond motifs is 3. The summed E-state index contributed by atoms with van der Waals surface area (Å²) in [7, 11) is 0. The van der Waals surface area contributed by atoms with E-state index in [2.05, 4.69) is 17.6 Å². The highest BCUT2D eigenvalue weighted by Gasteiger charge is 2.26. The van der Waals surface area contributed by atoms with E-state index in [0.717, 1.165) is 36.0 Å². The van der Waals surface area contributed by atoms with Gasteiger partial charge in [-0.1, -0.05) is 25.1 Å². The van der Waals surface area contributed by atoms with Crippen LogP contribution in [-0.2, 0) is 22.4 Å². The first-order valence-electron chi connectivity index (χ1n) is 11.6. The van der Waals surface area contributed by atoms with Crippen molar-refractivity contribution in [3.05, 3.63) is 59.3 Å². The summed E-state index contributed by atoms with van der Waals surface area (Å²) in [6, 6.07) is 11.6. The van der Waals surface area contributed by atoms with Gasteiger partial charge < -0.3 is 19.5 Å². The Bertz CT molecular complexity index is 1320. The van der Waals surface area contributed by atoms with Gasteiger partial charge in [0.05, 0.1) is 11.1 Å². The fourth-order valence-corrected chi connectivity index (χ4v) is 4.45. The Balaban J connectivity index is 1.24. The molecule has 0 spiro atoms. The molecule has 3 aromatic rings. The first-order valence-corrected chi connectivity index (χ1v) is 11.6. The summed E-state index contributed by atoms with van der Waals surface area (Å²) in [6.45, 7) is 2.43. The van der Waals surface area contributed by atoms with Crippen molar-refractivity contribution < 1.29 is 28.6 Å². The predicted molar refractivity (Wildman–Crippen MR) is 128 cm³/mol. The summed E-state index contributed by atoms with van der Waals surface area (Å²) in [5, 5.41) is 5.42. The number of aryl methyl sites for hydroxylation is 1. The lowest BCUT2D eigenvalue weighted by Crippen LogP contribution is -2.37. The Hall–Kier alpha value is -4.14. The molecule has 5 rings (SSSR count). The van der Waals surface area contributed by atoms with E-state index in [1.54, 1.807) is 18.2 Å². The van der Waals surface area contributed by atoms with Gasteiger partial charge in [-0.25, -0.2) is 9.59 Å². The SMILES string of the molecule is CC1CCc2nc3ccccc3c(C(=O)OCC(=O)NC(=O)Nc3ccc4c(c3)OCCO4)c2C1. The van der Waals surface area contributed by atoms with Crippen molar-refractivity contribution in [2.24, 2.45) is 5.92 Å². The Morgan fingerprint density at radius 3 is 2.74 bits per heavy atom. The number of ether oxygens (including phenoxy) is 3. The number of anilines is 1. The molecule has 1 aliphatic carbocycles. The molecule has 2 aromatic carbocycles. The van der Waals surface area contributed by atoms with E-state index in [1.165, 1.54) is 0 Å². The number of hydrogen-bond acceptors (Lipinski definition) is 7. The third-order valence-electron chi connectivity index (χ3n) is 6.10. The van der Waals surface area contributed by atoms with Crippen molar-refractivity contribution >= 4 is 34.5 Å². The zero-order chi connectivity index (χ0) is 24.4. The van der Waals surface area contributed by atoms with E-state index >= 15 is 0 Å². The van der Waals surface area contributed by atoms with Crippen LogP contribution >= 0.6 is 0 Å². The van der Waals surface area contributed by atoms with Gasteiger partial charge in [0.1, 0.15) is 13.2 Å². The van der Waals surface area contributed by atoms with Gasteiger partial charge in [0.15, 0.2) is 18.1 Å². The van der Waals surface area contributed by atoms with E-state index in [4.69, 9.17) is 19.2 Å². The highest BCUT2D eigenvalue weighted by Crippen LogP contribution is 2.33. The molecule has 180 valence electrons. The Kier molecular flexibility index (Phi) is 6.22. The van der Waals surface area contributed by atoms with Crippen LogP contribution in [-0.4, -0.2) is 42.7 Å². The van der Waals surface area contributed by atoms with Crippen LogP contribution in [0.4, 0.5) is 10.5 Å². The van der Waals surface area contributed by atoms with Gasteiger partial charge in [-0.2, -0.15) is 0 Å². The zero-order valence-electron chi connectivity index (χ0n) is 19.3. The minimum atomic E-state index is -0.747. The largest absolute Gasteiger partial charge is 0.486 e. The number of amides is 3. The second-order valence-corrected chi connectivity index (χ2v) is 8.71. The van der Waals surface area contributed by atoms with E-state index in [1.807, 2.05) is 24.3 Å². The van der Waals surface area contributed by atoms with E-state index in [9.17, 15) is 14.4 Å². The molecule has 1 aliphatic heterocycles. The number of imide groups is 1. The number of pyridine rings is 1. The number of aromatic nitrogens is 1. The second kappa shape index (κ2) is 9.61. The minimum Gasteiger partial charge on any atom is -0.486 e. The van der Waals surface area contributed by atoms with E-state index < -0.39 is 24.5 Å². The van der Waals surface area contributed by atoms with Crippen LogP contribution in [0, 0.1) is 5.92 Å². The number of nitrogens with one attached hydrogen (secondary N) is 2. The summed E-state index contributed by atoms with van der Waals surface area (Å²) in [5.41, 5.74) is 3.38. The number of esters is 1. The van der Waals surface area contributed by atoms with Crippen molar-refractivity contribution in [2.75, 3.05) is 25.1 Å². The third kappa shape index (κ3) is 4.89. The van der Waals surface area contributed by atoms with Crippen LogP contribution in [0.25, 0.3) is 10.9 Å². The van der Waals surface area contributed by atoms with Crippen LogP contribution in [0.15, 0.2) is 42.5 Å². The number of rotatable bonds is 4. The molecule has 0 saturated carbocycles. The molecule has 1 atom stereocenters. The number of benzene rings is 2. The maximum atomic E-state index is 13.1. The molecule has 35 heavy (non-hydrogen) atoms. The van der Waals surface area contributed by atoms with Crippen molar-refractivity contribution in [3.8, 4) is 11.5 Å². The minimum absolute atomic E-state index is 0.418. The maximum absolute atomic E-state index is 13.1. The number of nitrogens with zero attached hydrogens (tertiary/aromatic N) is 1. The first kappa shape index (κ1) is 22.6. The molecule has 2 heterocycles. The van der Waals surface area contributed by atoms with E-state index in [0.29, 0.717) is 47.3 Å². The first-order chi connectivity index (χ1) is 17.0. The molecular formula is C26H25N3O6. The number of para-hydroxylation sites is 1. The molecule has 0 radical (unpaired) electrons. The average molecular weight is 476 g/mol. The second-order valence-electron chi connectivity index (χ2n) is 8.71. The van der Waals surface area contributed by atoms with Crippen molar-refractivity contribution in [2.45, 2.75) is 26.2 Å². The molecule has 0 bridgehead atoms. The molecular weight excluding hydrogens is 450 g/mol. The van der Waals surface area contributed by atoms with Crippen LogP contribution < -0.4 is 20.1 Å². The van der Waals surface area contributed by atoms with Gasteiger partial charge in [-0.05, 0) is 48.9 Å². The quantitative estimate of drug-likeness (QED) is 0.554. The average Bonchev–Trinajstić information content (AvgIpc) is 2.85. The highest BCUT2D eigenvalue weighted by molar-refractivity contribution is 6.06. The summed E-state index contributed by atoms with van der Waals surface area (Å²) in [5.74, 6) is 0.178. The molecule has 2 aliphatic rings. The Labute approximate surface area is 201 Å². The number of carbonyl (C=O) groups is 3. The molecule has 2 N–H and O–H groups in total. The zero-order valence-corrected chi connectivity index (χ0v) is 19.3. The predicted octanol–water partition coefficient (Wildman–Crippen LogP) is 3.64.